The molecule has 1 fully saturated rings. The zero-order chi connectivity index (χ0) is 14.8. The summed E-state index contributed by atoms with van der Waals surface area (Å²) in [6.07, 6.45) is 1.96. The molecule has 0 aliphatic carbocycles. The third-order valence-electron chi connectivity index (χ3n) is 3.22. The van der Waals surface area contributed by atoms with Gasteiger partial charge in [0.05, 0.1) is 0 Å². The number of aromatic nitrogens is 1. The molecule has 0 aromatic carbocycles. The van der Waals surface area contributed by atoms with Crippen molar-refractivity contribution in [2.24, 2.45) is 0 Å². The second kappa shape index (κ2) is 5.64. The molecule has 110 valence electrons. The highest BCUT2D eigenvalue weighted by atomic mass is 16.6. The van der Waals surface area contributed by atoms with Crippen LogP contribution >= 0.6 is 0 Å². The van der Waals surface area contributed by atoms with E-state index in [0.29, 0.717) is 25.1 Å². The second-order valence-electron chi connectivity index (χ2n) is 6.01. The van der Waals surface area contributed by atoms with Crippen molar-refractivity contribution in [3.8, 4) is 0 Å². The van der Waals surface area contributed by atoms with Crippen LogP contribution in [0, 0.1) is 0 Å². The third kappa shape index (κ3) is 3.59. The molecule has 0 bridgehead atoms. The van der Waals surface area contributed by atoms with Crippen LogP contribution in [0.3, 0.4) is 0 Å². The van der Waals surface area contributed by atoms with E-state index in [2.05, 4.69) is 5.16 Å². The van der Waals surface area contributed by atoms with Crippen LogP contribution in [0.2, 0.25) is 0 Å². The van der Waals surface area contributed by atoms with Gasteiger partial charge in [0.25, 0.3) is 0 Å². The van der Waals surface area contributed by atoms with Gasteiger partial charge in [-0.3, -0.25) is 4.79 Å². The molecule has 1 aliphatic rings. The first-order valence-electron chi connectivity index (χ1n) is 6.79. The largest absolute Gasteiger partial charge is 0.444 e. The second-order valence-corrected chi connectivity index (χ2v) is 6.01. The third-order valence-corrected chi connectivity index (χ3v) is 3.22. The van der Waals surface area contributed by atoms with Gasteiger partial charge in [-0.1, -0.05) is 5.16 Å². The van der Waals surface area contributed by atoms with E-state index in [-0.39, 0.29) is 12.0 Å². The average molecular weight is 280 g/mol. The first-order valence-corrected chi connectivity index (χ1v) is 6.79. The van der Waals surface area contributed by atoms with Gasteiger partial charge in [0.15, 0.2) is 6.29 Å². The molecule has 6 nitrogen and oxygen atoms in total. The Morgan fingerprint density at radius 3 is 2.60 bits per heavy atom. The summed E-state index contributed by atoms with van der Waals surface area (Å²) in [4.78, 5) is 24.2. The molecular weight excluding hydrogens is 260 g/mol. The van der Waals surface area contributed by atoms with E-state index in [4.69, 9.17) is 9.26 Å². The van der Waals surface area contributed by atoms with Crippen molar-refractivity contribution in [2.75, 3.05) is 13.1 Å². The molecule has 0 atom stereocenters. The Hall–Kier alpha value is -1.85. The van der Waals surface area contributed by atoms with Crippen molar-refractivity contribution in [1.29, 1.82) is 0 Å². The summed E-state index contributed by atoms with van der Waals surface area (Å²) in [5.74, 6) is 0.922. The lowest BCUT2D eigenvalue weighted by atomic mass is 9.94. The summed E-state index contributed by atoms with van der Waals surface area (Å²) in [5.41, 5.74) is -0.160. The minimum atomic E-state index is -0.474. The molecule has 1 aromatic heterocycles. The maximum atomic E-state index is 11.9. The minimum absolute atomic E-state index is 0.204. The normalized spacial score (nSPS) is 17.1. The number of ether oxygens (including phenoxy) is 1. The SMILES string of the molecule is CC(C)(C)OC(=O)N1CCC(c2cc(C=O)no2)CC1. The minimum Gasteiger partial charge on any atom is -0.444 e. The number of rotatable bonds is 2. The first kappa shape index (κ1) is 14.6. The van der Waals surface area contributed by atoms with Gasteiger partial charge < -0.3 is 14.2 Å². The van der Waals surface area contributed by atoms with Gasteiger partial charge in [0.2, 0.25) is 0 Å². The Labute approximate surface area is 118 Å². The van der Waals surface area contributed by atoms with Crippen LogP contribution in [0.15, 0.2) is 10.6 Å². The molecule has 2 rings (SSSR count). The summed E-state index contributed by atoms with van der Waals surface area (Å²) < 4.78 is 10.5. The molecule has 1 aliphatic heterocycles. The molecule has 1 aromatic rings. The van der Waals surface area contributed by atoms with Crippen molar-refractivity contribution in [1.82, 2.24) is 10.1 Å². The molecule has 20 heavy (non-hydrogen) atoms. The van der Waals surface area contributed by atoms with E-state index < -0.39 is 5.60 Å². The van der Waals surface area contributed by atoms with E-state index in [1.54, 1.807) is 11.0 Å². The highest BCUT2D eigenvalue weighted by Crippen LogP contribution is 2.28. The number of carbonyl (C=O) groups excluding carboxylic acids is 2. The lowest BCUT2D eigenvalue weighted by molar-refractivity contribution is 0.0199. The van der Waals surface area contributed by atoms with Crippen molar-refractivity contribution >= 4 is 12.4 Å². The Bertz CT molecular complexity index is 482. The van der Waals surface area contributed by atoms with Crippen LogP contribution in [0.4, 0.5) is 4.79 Å². The number of piperidine rings is 1. The van der Waals surface area contributed by atoms with E-state index in [9.17, 15) is 9.59 Å². The summed E-state index contributed by atoms with van der Waals surface area (Å²) in [5, 5.41) is 3.66. The zero-order valence-electron chi connectivity index (χ0n) is 12.1. The number of carbonyl (C=O) groups is 2. The molecule has 0 N–H and O–H groups in total. The molecular formula is C14H20N2O4. The van der Waals surface area contributed by atoms with Gasteiger partial charge in [0.1, 0.15) is 17.1 Å². The summed E-state index contributed by atoms with van der Waals surface area (Å²) >= 11 is 0. The standard InChI is InChI=1S/C14H20N2O4/c1-14(2,3)19-13(18)16-6-4-10(5-7-16)12-8-11(9-17)15-20-12/h8-10H,4-7H2,1-3H3. The molecule has 0 unspecified atom stereocenters. The van der Waals surface area contributed by atoms with Crippen LogP contribution < -0.4 is 0 Å². The van der Waals surface area contributed by atoms with Gasteiger partial charge in [-0.15, -0.1) is 0 Å². The number of likely N-dealkylation sites (tertiary alicyclic amines) is 1. The van der Waals surface area contributed by atoms with E-state index >= 15 is 0 Å². The zero-order valence-corrected chi connectivity index (χ0v) is 12.1. The number of nitrogens with zero attached hydrogens (tertiary/aromatic N) is 2. The van der Waals surface area contributed by atoms with Gasteiger partial charge in [-0.05, 0) is 33.6 Å². The number of amides is 1. The van der Waals surface area contributed by atoms with Gasteiger partial charge in [0, 0.05) is 25.1 Å². The molecule has 6 heteroatoms. The monoisotopic (exact) mass is 280 g/mol. The number of hydrogen-bond donors (Lipinski definition) is 0. The summed E-state index contributed by atoms with van der Waals surface area (Å²) in [7, 11) is 0. The highest BCUT2D eigenvalue weighted by molar-refractivity contribution is 5.71. The summed E-state index contributed by atoms with van der Waals surface area (Å²) in [6, 6.07) is 1.67. The molecule has 1 amide bonds. The van der Waals surface area contributed by atoms with Crippen molar-refractivity contribution < 1.29 is 18.8 Å². The van der Waals surface area contributed by atoms with E-state index in [0.717, 1.165) is 18.6 Å². The van der Waals surface area contributed by atoms with Crippen LogP contribution in [0.5, 0.6) is 0 Å². The molecule has 1 saturated heterocycles. The highest BCUT2D eigenvalue weighted by Gasteiger charge is 2.29. The van der Waals surface area contributed by atoms with Crippen LogP contribution in [-0.2, 0) is 4.74 Å². The summed E-state index contributed by atoms with van der Waals surface area (Å²) in [6.45, 7) is 6.81. The van der Waals surface area contributed by atoms with Gasteiger partial charge in [-0.2, -0.15) is 0 Å². The van der Waals surface area contributed by atoms with E-state index in [1.807, 2.05) is 20.8 Å². The molecule has 2 heterocycles. The number of hydrogen-bond acceptors (Lipinski definition) is 5. The smallest absolute Gasteiger partial charge is 0.410 e. The number of aldehydes is 1. The van der Waals surface area contributed by atoms with Crippen molar-refractivity contribution in [3.05, 3.63) is 17.5 Å². The fourth-order valence-electron chi connectivity index (χ4n) is 2.22. The average Bonchev–Trinajstić information content (AvgIpc) is 2.85. The fourth-order valence-corrected chi connectivity index (χ4v) is 2.22. The van der Waals surface area contributed by atoms with Gasteiger partial charge >= 0.3 is 6.09 Å². The van der Waals surface area contributed by atoms with E-state index in [1.165, 1.54) is 0 Å². The molecule has 0 saturated carbocycles. The predicted octanol–water partition coefficient (Wildman–Crippen LogP) is 2.60. The predicted molar refractivity (Wildman–Crippen MR) is 71.7 cm³/mol. The Morgan fingerprint density at radius 2 is 2.10 bits per heavy atom. The van der Waals surface area contributed by atoms with Crippen LogP contribution in [-0.4, -0.2) is 41.1 Å². The van der Waals surface area contributed by atoms with Crippen LogP contribution in [0.25, 0.3) is 0 Å². The lowest BCUT2D eigenvalue weighted by Crippen LogP contribution is -2.41. The van der Waals surface area contributed by atoms with Gasteiger partial charge in [-0.25, -0.2) is 4.79 Å². The topological polar surface area (TPSA) is 72.6 Å². The Kier molecular flexibility index (Phi) is 4.11. The molecule has 0 radical (unpaired) electrons. The Morgan fingerprint density at radius 1 is 1.45 bits per heavy atom. The maximum Gasteiger partial charge on any atom is 0.410 e. The molecule has 0 spiro atoms. The van der Waals surface area contributed by atoms with Crippen molar-refractivity contribution in [2.45, 2.75) is 45.1 Å². The quantitative estimate of drug-likeness (QED) is 0.778. The Balaban J connectivity index is 1.89. The first-order chi connectivity index (χ1) is 9.39. The van der Waals surface area contributed by atoms with Crippen LogP contribution in [0.1, 0.15) is 55.8 Å². The lowest BCUT2D eigenvalue weighted by Gasteiger charge is -2.32. The fraction of sp³-hybridized carbons (Fsp3) is 0.643. The maximum absolute atomic E-state index is 11.9. The van der Waals surface area contributed by atoms with Crippen molar-refractivity contribution in [3.63, 3.8) is 0 Å².